The van der Waals surface area contributed by atoms with E-state index in [-0.39, 0.29) is 29.6 Å². The first kappa shape index (κ1) is 21.1. The molecular weight excluding hydrogens is 359 g/mol. The Hall–Kier alpha value is -2.64. The topological polar surface area (TPSA) is 0 Å². The third-order valence-corrected chi connectivity index (χ3v) is 4.72. The van der Waals surface area contributed by atoms with E-state index >= 15 is 0 Å². The van der Waals surface area contributed by atoms with Gasteiger partial charge in [0.25, 0.3) is 0 Å². The fourth-order valence-electron chi connectivity index (χ4n) is 3.28. The van der Waals surface area contributed by atoms with Crippen molar-refractivity contribution in [1.29, 1.82) is 0 Å². The van der Waals surface area contributed by atoms with Crippen LogP contribution in [0.1, 0.15) is 22.3 Å². The number of hydrogen-bond acceptors (Lipinski definition) is 0. The summed E-state index contributed by atoms with van der Waals surface area (Å²) >= 11 is 0. The number of rotatable bonds is 5. The summed E-state index contributed by atoms with van der Waals surface area (Å²) in [4.78, 5) is 0. The van der Waals surface area contributed by atoms with Gasteiger partial charge in [-0.25, -0.2) is 0 Å². The molecule has 29 heavy (non-hydrogen) atoms. The maximum atomic E-state index is 2.20. The van der Waals surface area contributed by atoms with Crippen LogP contribution in [0.5, 0.6) is 0 Å². The van der Waals surface area contributed by atoms with Gasteiger partial charge in [-0.05, 0) is 33.4 Å². The van der Waals surface area contributed by atoms with E-state index in [2.05, 4.69) is 121 Å². The Kier molecular flexibility index (Phi) is 7.84. The van der Waals surface area contributed by atoms with Crippen LogP contribution in [0.2, 0.25) is 0 Å². The molecule has 0 saturated heterocycles. The van der Waals surface area contributed by atoms with Crippen molar-refractivity contribution in [3.8, 4) is 11.1 Å². The third kappa shape index (κ3) is 5.68. The monoisotopic (exact) mass is 382 g/mol. The van der Waals surface area contributed by atoms with Crippen molar-refractivity contribution in [2.45, 2.75) is 0 Å². The molecule has 0 N–H and O–H groups in total. The van der Waals surface area contributed by atoms with Crippen LogP contribution >= 0.6 is 0 Å². The van der Waals surface area contributed by atoms with E-state index in [1.54, 1.807) is 0 Å². The first-order chi connectivity index (χ1) is 13.9. The molecule has 4 rings (SSSR count). The molecule has 0 nitrogen and oxygen atoms in total. The van der Waals surface area contributed by atoms with Crippen LogP contribution < -0.4 is 0 Å². The standard InChI is InChI=1S/C28H22.Na.H/c1-3-11-23(12-4-1)19-21-25-15-7-9-17-27(25)28-18-10-8-16-26(28)22-20-24-13-5-2-6-14-24;;/h1-22H;;/b21-19+,22-20+;;. The van der Waals surface area contributed by atoms with Crippen molar-refractivity contribution in [1.82, 2.24) is 0 Å². The van der Waals surface area contributed by atoms with Gasteiger partial charge in [0.2, 0.25) is 0 Å². The van der Waals surface area contributed by atoms with Crippen molar-refractivity contribution in [2.75, 3.05) is 0 Å². The first-order valence-electron chi connectivity index (χ1n) is 9.55. The van der Waals surface area contributed by atoms with Gasteiger partial charge in [-0.15, -0.1) is 0 Å². The molecule has 0 aliphatic heterocycles. The van der Waals surface area contributed by atoms with Gasteiger partial charge < -0.3 is 0 Å². The molecule has 0 aromatic heterocycles. The van der Waals surface area contributed by atoms with Crippen LogP contribution in [0.25, 0.3) is 35.4 Å². The normalized spacial score (nSPS) is 10.9. The van der Waals surface area contributed by atoms with Crippen molar-refractivity contribution in [3.05, 3.63) is 131 Å². The fraction of sp³-hybridized carbons (Fsp3) is 0. The first-order valence-corrected chi connectivity index (χ1v) is 9.55. The predicted molar refractivity (Wildman–Crippen MR) is 130 cm³/mol. The summed E-state index contributed by atoms with van der Waals surface area (Å²) in [6.07, 6.45) is 8.73. The zero-order valence-corrected chi connectivity index (χ0v) is 15.7. The second-order valence-electron chi connectivity index (χ2n) is 6.66. The molecule has 0 aliphatic carbocycles. The van der Waals surface area contributed by atoms with Gasteiger partial charge >= 0.3 is 29.6 Å². The van der Waals surface area contributed by atoms with Crippen molar-refractivity contribution in [3.63, 3.8) is 0 Å². The zero-order chi connectivity index (χ0) is 19.0. The number of benzene rings is 4. The number of hydrogen-bond donors (Lipinski definition) is 0. The molecule has 0 aliphatic rings. The van der Waals surface area contributed by atoms with Crippen LogP contribution in [0, 0.1) is 0 Å². The Morgan fingerprint density at radius 2 is 0.690 bits per heavy atom. The molecule has 136 valence electrons. The van der Waals surface area contributed by atoms with Gasteiger partial charge in [0.05, 0.1) is 0 Å². The summed E-state index contributed by atoms with van der Waals surface area (Å²) in [5, 5.41) is 0. The van der Waals surface area contributed by atoms with E-state index in [0.717, 1.165) is 0 Å². The van der Waals surface area contributed by atoms with Crippen molar-refractivity contribution in [2.24, 2.45) is 0 Å². The molecule has 0 saturated carbocycles. The molecule has 4 aromatic carbocycles. The van der Waals surface area contributed by atoms with Crippen LogP contribution in [0.4, 0.5) is 0 Å². The molecule has 0 amide bonds. The van der Waals surface area contributed by atoms with E-state index in [9.17, 15) is 0 Å². The van der Waals surface area contributed by atoms with Gasteiger partial charge in [0.15, 0.2) is 0 Å². The van der Waals surface area contributed by atoms with E-state index in [0.29, 0.717) is 0 Å². The second kappa shape index (κ2) is 10.8. The van der Waals surface area contributed by atoms with Gasteiger partial charge in [-0.3, -0.25) is 0 Å². The molecule has 4 aromatic rings. The summed E-state index contributed by atoms with van der Waals surface area (Å²) < 4.78 is 0. The Labute approximate surface area is 195 Å². The Morgan fingerprint density at radius 1 is 0.345 bits per heavy atom. The summed E-state index contributed by atoms with van der Waals surface area (Å²) in [5.41, 5.74) is 7.31. The van der Waals surface area contributed by atoms with E-state index in [1.165, 1.54) is 33.4 Å². The SMILES string of the molecule is C(=C\c1ccccc1-c1ccccc1/C=C/c1ccccc1)/c1ccccc1.[NaH]. The molecule has 0 radical (unpaired) electrons. The summed E-state index contributed by atoms with van der Waals surface area (Å²) in [6, 6.07) is 38.0. The van der Waals surface area contributed by atoms with Crippen LogP contribution in [-0.4, -0.2) is 29.6 Å². The van der Waals surface area contributed by atoms with Gasteiger partial charge in [0.1, 0.15) is 0 Å². The van der Waals surface area contributed by atoms with Crippen LogP contribution in [-0.2, 0) is 0 Å². The average Bonchev–Trinajstić information content (AvgIpc) is 2.78. The van der Waals surface area contributed by atoms with Crippen LogP contribution in [0.15, 0.2) is 109 Å². The van der Waals surface area contributed by atoms with Crippen molar-refractivity contribution >= 4 is 53.9 Å². The summed E-state index contributed by atoms with van der Waals surface area (Å²) in [6.45, 7) is 0. The minimum atomic E-state index is 0. The predicted octanol–water partition coefficient (Wildman–Crippen LogP) is 7.05. The molecule has 1 heteroatoms. The Bertz CT molecular complexity index is 1000. The third-order valence-electron chi connectivity index (χ3n) is 4.72. The minimum absolute atomic E-state index is 0. The maximum absolute atomic E-state index is 2.20. The van der Waals surface area contributed by atoms with Crippen LogP contribution in [0.3, 0.4) is 0 Å². The molecule has 0 fully saturated rings. The summed E-state index contributed by atoms with van der Waals surface area (Å²) in [5.74, 6) is 0. The molecule has 0 unspecified atom stereocenters. The second-order valence-corrected chi connectivity index (χ2v) is 6.66. The molecular formula is C28H23Na. The molecule has 0 bridgehead atoms. The van der Waals surface area contributed by atoms with E-state index in [4.69, 9.17) is 0 Å². The summed E-state index contributed by atoms with van der Waals surface area (Å²) in [7, 11) is 0. The van der Waals surface area contributed by atoms with Crippen molar-refractivity contribution < 1.29 is 0 Å². The quantitative estimate of drug-likeness (QED) is 0.256. The average molecular weight is 382 g/mol. The van der Waals surface area contributed by atoms with Gasteiger partial charge in [-0.2, -0.15) is 0 Å². The van der Waals surface area contributed by atoms with Gasteiger partial charge in [-0.1, -0.05) is 133 Å². The Balaban J connectivity index is 0.00000240. The molecule has 0 spiro atoms. The van der Waals surface area contributed by atoms with E-state index < -0.39 is 0 Å². The Morgan fingerprint density at radius 3 is 1.10 bits per heavy atom. The van der Waals surface area contributed by atoms with Gasteiger partial charge in [0, 0.05) is 0 Å². The fourth-order valence-corrected chi connectivity index (χ4v) is 3.28. The molecule has 0 atom stereocenters. The van der Waals surface area contributed by atoms with E-state index in [1.807, 2.05) is 12.1 Å². The zero-order valence-electron chi connectivity index (χ0n) is 15.7. The molecule has 0 heterocycles.